The van der Waals surface area contributed by atoms with E-state index in [1.54, 1.807) is 0 Å². The lowest BCUT2D eigenvalue weighted by Gasteiger charge is -1.93. The highest BCUT2D eigenvalue weighted by molar-refractivity contribution is 5.70. The normalized spacial score (nSPS) is 7.60. The summed E-state index contributed by atoms with van der Waals surface area (Å²) in [5, 5.41) is 2.53. The molecule has 0 radical (unpaired) electrons. The standard InChI is InChI=1S/C7H7NO.H3N/c9-6-8-7-4-2-1-3-5-7;/h1-6H,(H,8,9);1H3. The van der Waals surface area contributed by atoms with Crippen LogP contribution < -0.4 is 11.5 Å². The van der Waals surface area contributed by atoms with Crippen molar-refractivity contribution in [3.05, 3.63) is 30.3 Å². The Morgan fingerprint density at radius 2 is 1.80 bits per heavy atom. The molecule has 1 aromatic carbocycles. The molecule has 0 aliphatic heterocycles. The van der Waals surface area contributed by atoms with Gasteiger partial charge in [-0.3, -0.25) is 4.79 Å². The highest BCUT2D eigenvalue weighted by atomic mass is 16.1. The molecule has 4 N–H and O–H groups in total. The van der Waals surface area contributed by atoms with E-state index in [0.717, 1.165) is 5.69 Å². The van der Waals surface area contributed by atoms with Gasteiger partial charge in [-0.15, -0.1) is 0 Å². The molecule has 0 bridgehead atoms. The SMILES string of the molecule is N.O=CNc1ccccc1. The van der Waals surface area contributed by atoms with Gasteiger partial charge >= 0.3 is 0 Å². The largest absolute Gasteiger partial charge is 0.344 e. The number of benzene rings is 1. The zero-order valence-corrected chi connectivity index (χ0v) is 5.58. The van der Waals surface area contributed by atoms with Gasteiger partial charge in [-0.2, -0.15) is 0 Å². The van der Waals surface area contributed by atoms with Crippen molar-refractivity contribution in [2.45, 2.75) is 0 Å². The lowest BCUT2D eigenvalue weighted by molar-refractivity contribution is -0.105. The predicted molar refractivity (Wildman–Crippen MR) is 41.2 cm³/mol. The summed E-state index contributed by atoms with van der Waals surface area (Å²) in [6.07, 6.45) is 0.662. The number of para-hydroxylation sites is 1. The molecule has 10 heavy (non-hydrogen) atoms. The van der Waals surface area contributed by atoms with Gasteiger partial charge in [0.05, 0.1) is 0 Å². The maximum absolute atomic E-state index is 9.86. The molecule has 1 rings (SSSR count). The molecule has 0 aliphatic carbocycles. The van der Waals surface area contributed by atoms with Crippen molar-refractivity contribution < 1.29 is 4.79 Å². The van der Waals surface area contributed by atoms with Gasteiger partial charge in [0.15, 0.2) is 0 Å². The highest BCUT2D eigenvalue weighted by Gasteiger charge is 1.81. The van der Waals surface area contributed by atoms with Crippen LogP contribution in [0, 0.1) is 0 Å². The van der Waals surface area contributed by atoms with Crippen LogP contribution in [0.15, 0.2) is 30.3 Å². The molecule has 0 heterocycles. The zero-order chi connectivity index (χ0) is 6.53. The summed E-state index contributed by atoms with van der Waals surface area (Å²) in [6, 6.07) is 9.29. The number of hydrogen-bond donors (Lipinski definition) is 2. The van der Waals surface area contributed by atoms with Crippen molar-refractivity contribution in [1.82, 2.24) is 6.15 Å². The molecule has 0 saturated heterocycles. The van der Waals surface area contributed by atoms with Crippen LogP contribution >= 0.6 is 0 Å². The topological polar surface area (TPSA) is 64.1 Å². The summed E-state index contributed by atoms with van der Waals surface area (Å²) in [5.74, 6) is 0. The van der Waals surface area contributed by atoms with E-state index >= 15 is 0 Å². The van der Waals surface area contributed by atoms with Gasteiger partial charge in [0.1, 0.15) is 0 Å². The summed E-state index contributed by atoms with van der Waals surface area (Å²) in [4.78, 5) is 9.86. The lowest BCUT2D eigenvalue weighted by Crippen LogP contribution is -1.91. The second kappa shape index (κ2) is 4.52. The van der Waals surface area contributed by atoms with Gasteiger partial charge in [-0.25, -0.2) is 0 Å². The summed E-state index contributed by atoms with van der Waals surface area (Å²) in [5.41, 5.74) is 0.826. The van der Waals surface area contributed by atoms with E-state index in [1.165, 1.54) is 0 Å². The van der Waals surface area contributed by atoms with E-state index in [-0.39, 0.29) is 6.15 Å². The van der Waals surface area contributed by atoms with Crippen LogP contribution in [0.3, 0.4) is 0 Å². The minimum Gasteiger partial charge on any atom is -0.344 e. The molecule has 54 valence electrons. The number of anilines is 1. The van der Waals surface area contributed by atoms with E-state index in [4.69, 9.17) is 0 Å². The van der Waals surface area contributed by atoms with E-state index in [1.807, 2.05) is 30.3 Å². The van der Waals surface area contributed by atoms with Gasteiger partial charge in [-0.1, -0.05) is 18.2 Å². The predicted octanol–water partition coefficient (Wildman–Crippen LogP) is 1.42. The Labute approximate surface area is 59.6 Å². The van der Waals surface area contributed by atoms with Crippen LogP contribution in [0.5, 0.6) is 0 Å². The second-order valence-corrected chi connectivity index (χ2v) is 1.63. The summed E-state index contributed by atoms with van der Waals surface area (Å²) in [7, 11) is 0. The molecule has 0 aromatic heterocycles. The first kappa shape index (κ1) is 8.65. The Kier molecular flexibility index (Phi) is 3.91. The van der Waals surface area contributed by atoms with Gasteiger partial charge in [0, 0.05) is 5.69 Å². The fourth-order valence-corrected chi connectivity index (χ4v) is 0.602. The molecular weight excluding hydrogens is 128 g/mol. The van der Waals surface area contributed by atoms with Crippen molar-refractivity contribution in [2.75, 3.05) is 5.32 Å². The van der Waals surface area contributed by atoms with Gasteiger partial charge in [0.25, 0.3) is 0 Å². The third kappa shape index (κ3) is 2.28. The molecule has 3 nitrogen and oxygen atoms in total. The third-order valence-electron chi connectivity index (χ3n) is 0.999. The highest BCUT2D eigenvalue weighted by Crippen LogP contribution is 2.01. The molecule has 0 saturated carbocycles. The zero-order valence-electron chi connectivity index (χ0n) is 5.58. The van der Waals surface area contributed by atoms with Crippen molar-refractivity contribution in [1.29, 1.82) is 0 Å². The Bertz CT molecular complexity index is 186. The number of rotatable bonds is 2. The van der Waals surface area contributed by atoms with E-state index in [0.29, 0.717) is 6.41 Å². The van der Waals surface area contributed by atoms with Crippen LogP contribution in [0.2, 0.25) is 0 Å². The monoisotopic (exact) mass is 138 g/mol. The second-order valence-electron chi connectivity index (χ2n) is 1.63. The van der Waals surface area contributed by atoms with Gasteiger partial charge < -0.3 is 11.5 Å². The minimum atomic E-state index is 0. The molecule has 0 aliphatic rings. The third-order valence-corrected chi connectivity index (χ3v) is 0.999. The quantitative estimate of drug-likeness (QED) is 0.607. The maximum atomic E-state index is 9.86. The van der Waals surface area contributed by atoms with Crippen molar-refractivity contribution in [3.8, 4) is 0 Å². The van der Waals surface area contributed by atoms with Crippen LogP contribution in [-0.4, -0.2) is 6.41 Å². The molecule has 0 spiro atoms. The van der Waals surface area contributed by atoms with Gasteiger partial charge in [-0.05, 0) is 12.1 Å². The van der Waals surface area contributed by atoms with Crippen molar-refractivity contribution in [2.24, 2.45) is 0 Å². The number of carbonyl (C=O) groups excluding carboxylic acids is 1. The van der Waals surface area contributed by atoms with Crippen molar-refractivity contribution >= 4 is 12.1 Å². The molecule has 1 aromatic rings. The number of nitrogens with one attached hydrogen (secondary N) is 1. The first-order valence-electron chi connectivity index (χ1n) is 2.69. The van der Waals surface area contributed by atoms with E-state index in [2.05, 4.69) is 5.32 Å². The molecule has 0 atom stereocenters. The Balaban J connectivity index is 0.000000810. The lowest BCUT2D eigenvalue weighted by atomic mass is 10.3. The van der Waals surface area contributed by atoms with Crippen LogP contribution in [0.25, 0.3) is 0 Å². The number of amides is 1. The summed E-state index contributed by atoms with van der Waals surface area (Å²) in [6.45, 7) is 0. The molecule has 0 fully saturated rings. The molecular formula is C7H10N2O. The van der Waals surface area contributed by atoms with Crippen molar-refractivity contribution in [3.63, 3.8) is 0 Å². The molecule has 0 unspecified atom stereocenters. The van der Waals surface area contributed by atoms with E-state index in [9.17, 15) is 4.79 Å². The fraction of sp³-hybridized carbons (Fsp3) is 0. The van der Waals surface area contributed by atoms with Crippen LogP contribution in [0.1, 0.15) is 0 Å². The number of hydrogen-bond acceptors (Lipinski definition) is 2. The fourth-order valence-electron chi connectivity index (χ4n) is 0.602. The first-order chi connectivity index (χ1) is 4.43. The molecule has 1 amide bonds. The van der Waals surface area contributed by atoms with Crippen LogP contribution in [0.4, 0.5) is 5.69 Å². The average molecular weight is 138 g/mol. The van der Waals surface area contributed by atoms with E-state index < -0.39 is 0 Å². The van der Waals surface area contributed by atoms with Crippen LogP contribution in [-0.2, 0) is 4.79 Å². The Morgan fingerprint density at radius 1 is 1.20 bits per heavy atom. The Morgan fingerprint density at radius 3 is 2.30 bits per heavy atom. The first-order valence-corrected chi connectivity index (χ1v) is 2.69. The summed E-state index contributed by atoms with van der Waals surface area (Å²) >= 11 is 0. The Hall–Kier alpha value is -1.35. The van der Waals surface area contributed by atoms with Gasteiger partial charge in [0.2, 0.25) is 6.41 Å². The minimum absolute atomic E-state index is 0. The average Bonchev–Trinajstić information content (AvgIpc) is 1.91. The maximum Gasteiger partial charge on any atom is 0.211 e. The molecule has 3 heteroatoms. The number of carbonyl (C=O) groups is 1. The smallest absolute Gasteiger partial charge is 0.211 e. The summed E-state index contributed by atoms with van der Waals surface area (Å²) < 4.78 is 0.